The van der Waals surface area contributed by atoms with E-state index in [2.05, 4.69) is 10.0 Å². The zero-order chi connectivity index (χ0) is 20.3. The Morgan fingerprint density at radius 3 is 2.32 bits per heavy atom. The number of para-hydroxylation sites is 1. The van der Waals surface area contributed by atoms with Crippen molar-refractivity contribution in [3.8, 4) is 0 Å². The Hall–Kier alpha value is -2.90. The van der Waals surface area contributed by atoms with E-state index >= 15 is 0 Å². The Labute approximate surface area is 167 Å². The minimum atomic E-state index is -3.99. The molecule has 0 saturated heterocycles. The third-order valence-electron chi connectivity index (χ3n) is 4.01. The van der Waals surface area contributed by atoms with Gasteiger partial charge >= 0.3 is 0 Å². The zero-order valence-corrected chi connectivity index (χ0v) is 16.3. The molecule has 28 heavy (non-hydrogen) atoms. The van der Waals surface area contributed by atoms with Gasteiger partial charge in [-0.2, -0.15) is 0 Å². The Kier molecular flexibility index (Phi) is 5.67. The summed E-state index contributed by atoms with van der Waals surface area (Å²) in [6, 6.07) is 16.4. The van der Waals surface area contributed by atoms with Crippen LogP contribution in [0.5, 0.6) is 0 Å². The van der Waals surface area contributed by atoms with Gasteiger partial charge in [0.05, 0.1) is 26.9 Å². The van der Waals surface area contributed by atoms with E-state index in [4.69, 9.17) is 11.6 Å². The van der Waals surface area contributed by atoms with Crippen LogP contribution >= 0.6 is 11.6 Å². The summed E-state index contributed by atoms with van der Waals surface area (Å²) >= 11 is 5.96. The van der Waals surface area contributed by atoms with Crippen molar-refractivity contribution in [3.05, 3.63) is 88.7 Å². The van der Waals surface area contributed by atoms with Gasteiger partial charge in [0.15, 0.2) is 0 Å². The minimum Gasteiger partial charge on any atom is -0.319 e. The van der Waals surface area contributed by atoms with Gasteiger partial charge in [0.25, 0.3) is 15.9 Å². The third-order valence-corrected chi connectivity index (χ3v) is 5.70. The molecule has 0 unspecified atom stereocenters. The first-order valence-corrected chi connectivity index (χ1v) is 10.1. The lowest BCUT2D eigenvalue weighted by Crippen LogP contribution is -2.16. The van der Waals surface area contributed by atoms with E-state index in [-0.39, 0.29) is 21.2 Å². The molecule has 0 atom stereocenters. The van der Waals surface area contributed by atoms with E-state index in [0.29, 0.717) is 5.69 Å². The number of benzene rings is 3. The predicted molar refractivity (Wildman–Crippen MR) is 108 cm³/mol. The summed E-state index contributed by atoms with van der Waals surface area (Å²) in [6.07, 6.45) is 0. The van der Waals surface area contributed by atoms with Crippen LogP contribution in [0.25, 0.3) is 0 Å². The van der Waals surface area contributed by atoms with Crippen LogP contribution in [0.3, 0.4) is 0 Å². The number of aryl methyl sites for hydroxylation is 1. The van der Waals surface area contributed by atoms with Crippen LogP contribution < -0.4 is 10.0 Å². The van der Waals surface area contributed by atoms with Gasteiger partial charge in [-0.3, -0.25) is 9.52 Å². The maximum Gasteiger partial charge on any atom is 0.262 e. The minimum absolute atomic E-state index is 0.153. The standard InChI is InChI=1S/C20H16ClFN2O3S/c1-13-6-2-5-9-18(13)24-28(26,27)14-10-11-19(17(22)12-14)23-20(25)15-7-3-4-8-16(15)21/h2-12,24H,1H3,(H,23,25). The summed E-state index contributed by atoms with van der Waals surface area (Å²) in [4.78, 5) is 12.0. The number of nitrogens with one attached hydrogen (secondary N) is 2. The predicted octanol–water partition coefficient (Wildman–Crippen LogP) is 4.84. The fraction of sp³-hybridized carbons (Fsp3) is 0.0500. The van der Waals surface area contributed by atoms with Crippen molar-refractivity contribution in [2.75, 3.05) is 10.0 Å². The average Bonchev–Trinajstić information content (AvgIpc) is 2.65. The maximum absolute atomic E-state index is 14.4. The number of carbonyl (C=O) groups is 1. The molecule has 3 aromatic carbocycles. The van der Waals surface area contributed by atoms with Gasteiger partial charge in [-0.25, -0.2) is 12.8 Å². The number of anilines is 2. The first kappa shape index (κ1) is 19.9. The van der Waals surface area contributed by atoms with Crippen LogP contribution in [-0.4, -0.2) is 14.3 Å². The van der Waals surface area contributed by atoms with Crippen LogP contribution in [0.2, 0.25) is 5.02 Å². The topological polar surface area (TPSA) is 75.3 Å². The molecule has 144 valence electrons. The zero-order valence-electron chi connectivity index (χ0n) is 14.7. The van der Waals surface area contributed by atoms with Gasteiger partial charge in [-0.1, -0.05) is 41.9 Å². The van der Waals surface area contributed by atoms with E-state index < -0.39 is 21.7 Å². The fourth-order valence-electron chi connectivity index (χ4n) is 2.49. The van der Waals surface area contributed by atoms with Crippen LogP contribution in [0, 0.1) is 12.7 Å². The molecule has 0 aromatic heterocycles. The number of halogens is 2. The summed E-state index contributed by atoms with van der Waals surface area (Å²) in [5, 5.41) is 2.62. The van der Waals surface area contributed by atoms with E-state index in [1.807, 2.05) is 0 Å². The van der Waals surface area contributed by atoms with Crippen molar-refractivity contribution in [3.63, 3.8) is 0 Å². The second-order valence-corrected chi connectivity index (χ2v) is 8.09. The first-order chi connectivity index (χ1) is 13.3. The largest absolute Gasteiger partial charge is 0.319 e. The summed E-state index contributed by atoms with van der Waals surface area (Å²) < 4.78 is 41.9. The second kappa shape index (κ2) is 8.00. The van der Waals surface area contributed by atoms with Crippen molar-refractivity contribution in [2.24, 2.45) is 0 Å². The quantitative estimate of drug-likeness (QED) is 0.622. The van der Waals surface area contributed by atoms with Crippen LogP contribution in [0.4, 0.5) is 15.8 Å². The number of hydrogen-bond donors (Lipinski definition) is 2. The number of sulfonamides is 1. The molecule has 0 bridgehead atoms. The highest BCUT2D eigenvalue weighted by atomic mass is 35.5. The molecule has 2 N–H and O–H groups in total. The molecule has 0 aliphatic carbocycles. The molecule has 5 nitrogen and oxygen atoms in total. The molecule has 3 rings (SSSR count). The van der Waals surface area contributed by atoms with Crippen LogP contribution in [-0.2, 0) is 10.0 Å². The summed E-state index contributed by atoms with van der Waals surface area (Å²) in [5.74, 6) is -1.48. The SMILES string of the molecule is Cc1ccccc1NS(=O)(=O)c1ccc(NC(=O)c2ccccc2Cl)c(F)c1. The second-order valence-electron chi connectivity index (χ2n) is 6.00. The van der Waals surface area contributed by atoms with E-state index in [1.54, 1.807) is 49.4 Å². The van der Waals surface area contributed by atoms with Crippen molar-refractivity contribution >= 4 is 38.9 Å². The highest BCUT2D eigenvalue weighted by Crippen LogP contribution is 2.24. The van der Waals surface area contributed by atoms with Gasteiger partial charge < -0.3 is 5.32 Å². The molecule has 1 amide bonds. The lowest BCUT2D eigenvalue weighted by molar-refractivity contribution is 0.102. The van der Waals surface area contributed by atoms with Crippen molar-refractivity contribution in [1.29, 1.82) is 0 Å². The van der Waals surface area contributed by atoms with Crippen molar-refractivity contribution in [1.82, 2.24) is 0 Å². The van der Waals surface area contributed by atoms with Crippen LogP contribution in [0.15, 0.2) is 71.6 Å². The smallest absolute Gasteiger partial charge is 0.262 e. The summed E-state index contributed by atoms with van der Waals surface area (Å²) in [7, 11) is -3.99. The van der Waals surface area contributed by atoms with Gasteiger partial charge in [0.2, 0.25) is 0 Å². The maximum atomic E-state index is 14.4. The van der Waals surface area contributed by atoms with Gasteiger partial charge in [0, 0.05) is 0 Å². The van der Waals surface area contributed by atoms with E-state index in [1.165, 1.54) is 18.2 Å². The van der Waals surface area contributed by atoms with E-state index in [0.717, 1.165) is 11.6 Å². The number of hydrogen-bond acceptors (Lipinski definition) is 3. The molecule has 0 fully saturated rings. The molecule has 8 heteroatoms. The van der Waals surface area contributed by atoms with Crippen molar-refractivity contribution in [2.45, 2.75) is 11.8 Å². The lowest BCUT2D eigenvalue weighted by Gasteiger charge is -2.12. The lowest BCUT2D eigenvalue weighted by atomic mass is 10.2. The fourth-order valence-corrected chi connectivity index (χ4v) is 3.85. The molecular formula is C20H16ClFN2O3S. The first-order valence-electron chi connectivity index (χ1n) is 8.22. The monoisotopic (exact) mass is 418 g/mol. The Morgan fingerprint density at radius 1 is 0.964 bits per heavy atom. The molecule has 0 aliphatic heterocycles. The highest BCUT2D eigenvalue weighted by Gasteiger charge is 2.19. The normalized spacial score (nSPS) is 11.1. The van der Waals surface area contributed by atoms with E-state index in [9.17, 15) is 17.6 Å². The summed E-state index contributed by atoms with van der Waals surface area (Å²) in [6.45, 7) is 1.76. The highest BCUT2D eigenvalue weighted by molar-refractivity contribution is 7.92. The number of amides is 1. The van der Waals surface area contributed by atoms with Crippen molar-refractivity contribution < 1.29 is 17.6 Å². The Balaban J connectivity index is 1.83. The Bertz CT molecular complexity index is 1150. The Morgan fingerprint density at radius 2 is 1.64 bits per heavy atom. The van der Waals surface area contributed by atoms with Gasteiger partial charge in [0.1, 0.15) is 5.82 Å². The average molecular weight is 419 g/mol. The molecule has 0 heterocycles. The van der Waals surface area contributed by atoms with Gasteiger partial charge in [-0.15, -0.1) is 0 Å². The number of carbonyl (C=O) groups excluding carboxylic acids is 1. The molecule has 0 spiro atoms. The molecular weight excluding hydrogens is 403 g/mol. The van der Waals surface area contributed by atoms with Crippen LogP contribution in [0.1, 0.15) is 15.9 Å². The molecule has 0 radical (unpaired) electrons. The number of rotatable bonds is 5. The molecule has 3 aromatic rings. The summed E-state index contributed by atoms with van der Waals surface area (Å²) in [5.41, 5.74) is 1.16. The molecule has 0 saturated carbocycles. The van der Waals surface area contributed by atoms with Gasteiger partial charge in [-0.05, 0) is 48.9 Å². The molecule has 0 aliphatic rings. The third kappa shape index (κ3) is 4.32.